The molecule has 0 amide bonds. The fraction of sp³-hybridized carbons (Fsp3) is 0.600. The minimum Gasteiger partial charge on any atom is -0.435 e. The summed E-state index contributed by atoms with van der Waals surface area (Å²) in [5, 5.41) is 0. The predicted molar refractivity (Wildman–Crippen MR) is 82.2 cm³/mol. The molecule has 0 spiro atoms. The lowest BCUT2D eigenvalue weighted by molar-refractivity contribution is -0.567. The number of esters is 2. The van der Waals surface area contributed by atoms with Gasteiger partial charge in [-0.2, -0.15) is 35.1 Å². The van der Waals surface area contributed by atoms with Gasteiger partial charge >= 0.3 is 42.7 Å². The van der Waals surface area contributed by atoms with E-state index in [4.69, 9.17) is 0 Å². The minimum atomic E-state index is -6.69. The van der Waals surface area contributed by atoms with Crippen LogP contribution >= 0.6 is 0 Å². The Hall–Kier alpha value is -2.48. The number of hydrogen-bond donors (Lipinski definition) is 0. The molecule has 0 aliphatic carbocycles. The van der Waals surface area contributed by atoms with Gasteiger partial charge in [0.2, 0.25) is 0 Å². The molecule has 0 radical (unpaired) electrons. The van der Waals surface area contributed by atoms with E-state index < -0.39 is 69.5 Å². The van der Waals surface area contributed by atoms with Crippen molar-refractivity contribution in [3.8, 4) is 0 Å². The van der Waals surface area contributed by atoms with Crippen LogP contribution in [0.15, 0.2) is 25.3 Å². The molecule has 34 heavy (non-hydrogen) atoms. The Labute approximate surface area is 182 Å². The first-order valence-corrected chi connectivity index (χ1v) is 8.01. The average molecular weight is 528 g/mol. The van der Waals surface area contributed by atoms with Gasteiger partial charge in [0, 0.05) is 12.2 Å². The maximum Gasteiger partial charge on any atom is 0.495 e. The molecule has 0 N–H and O–H groups in total. The molecule has 0 unspecified atom stereocenters. The van der Waals surface area contributed by atoms with E-state index in [1.165, 1.54) is 0 Å². The highest BCUT2D eigenvalue weighted by molar-refractivity contribution is 5.81. The van der Waals surface area contributed by atoms with Crippen LogP contribution in [0.3, 0.4) is 0 Å². The number of hydrogen-bond acceptors (Lipinski definition) is 9. The maximum atomic E-state index is 13.3. The van der Waals surface area contributed by atoms with Gasteiger partial charge in [0.15, 0.2) is 13.6 Å². The summed E-state index contributed by atoms with van der Waals surface area (Å²) < 4.78 is 155. The molecule has 0 saturated carbocycles. The Bertz CT molecular complexity index is 715. The molecule has 0 aromatic carbocycles. The van der Waals surface area contributed by atoms with Gasteiger partial charge in [-0.1, -0.05) is 13.2 Å². The monoisotopic (exact) mass is 528 g/mol. The van der Waals surface area contributed by atoms with Gasteiger partial charge < -0.3 is 18.9 Å². The van der Waals surface area contributed by atoms with E-state index in [1.807, 2.05) is 0 Å². The molecule has 0 fully saturated rings. The van der Waals surface area contributed by atoms with Crippen LogP contribution in [-0.2, 0) is 42.7 Å². The van der Waals surface area contributed by atoms with Crippen LogP contribution in [0.1, 0.15) is 0 Å². The zero-order valence-corrected chi connectivity index (χ0v) is 16.4. The Morgan fingerprint density at radius 1 is 0.618 bits per heavy atom. The number of halogens is 10. The molecule has 9 nitrogen and oxygen atoms in total. The van der Waals surface area contributed by atoms with E-state index in [1.54, 1.807) is 0 Å². The molecule has 0 atom stereocenters. The number of ether oxygens (including phenoxy) is 7. The van der Waals surface area contributed by atoms with Gasteiger partial charge in [0.25, 0.3) is 0 Å². The maximum absolute atomic E-state index is 13.3. The normalized spacial score (nSPS) is 13.4. The molecule has 198 valence electrons. The Morgan fingerprint density at radius 2 is 0.971 bits per heavy atom. The van der Waals surface area contributed by atoms with Crippen LogP contribution in [0, 0.1) is 0 Å². The average Bonchev–Trinajstić information content (AvgIpc) is 2.65. The zero-order chi connectivity index (χ0) is 26.8. The SMILES string of the molecule is C=CC(=O)OCOCC(F)(F)OC(F)(F)OC(F)(F)C(F)(F)OC(F)(F)COCOC(=O)C=C. The highest BCUT2D eigenvalue weighted by Crippen LogP contribution is 2.44. The summed E-state index contributed by atoms with van der Waals surface area (Å²) in [6, 6.07) is 0. The third kappa shape index (κ3) is 12.1. The fourth-order valence-electron chi connectivity index (χ4n) is 1.35. The fourth-order valence-corrected chi connectivity index (χ4v) is 1.35. The number of rotatable bonds is 17. The van der Waals surface area contributed by atoms with E-state index in [9.17, 15) is 53.5 Å². The molecule has 0 aliphatic rings. The van der Waals surface area contributed by atoms with Crippen molar-refractivity contribution in [3.63, 3.8) is 0 Å². The van der Waals surface area contributed by atoms with Crippen molar-refractivity contribution in [2.45, 2.75) is 30.7 Å². The van der Waals surface area contributed by atoms with Crippen LogP contribution in [0.2, 0.25) is 0 Å². The zero-order valence-electron chi connectivity index (χ0n) is 16.4. The summed E-state index contributed by atoms with van der Waals surface area (Å²) in [7, 11) is 0. The van der Waals surface area contributed by atoms with Gasteiger partial charge in [-0.15, -0.1) is 8.78 Å². The lowest BCUT2D eigenvalue weighted by atomic mass is 10.5. The Morgan fingerprint density at radius 3 is 1.35 bits per heavy atom. The molecule has 0 aliphatic heterocycles. The van der Waals surface area contributed by atoms with Crippen LogP contribution in [0.25, 0.3) is 0 Å². The first-order chi connectivity index (χ1) is 15.3. The van der Waals surface area contributed by atoms with Crippen LogP contribution in [0.5, 0.6) is 0 Å². The summed E-state index contributed by atoms with van der Waals surface area (Å²) in [5.41, 5.74) is 0. The Kier molecular flexibility index (Phi) is 11.4. The van der Waals surface area contributed by atoms with E-state index in [0.29, 0.717) is 12.2 Å². The number of carbonyl (C=O) groups is 2. The van der Waals surface area contributed by atoms with Gasteiger partial charge in [-0.25, -0.2) is 23.8 Å². The molecule has 0 bridgehead atoms. The second-order valence-corrected chi connectivity index (χ2v) is 5.35. The van der Waals surface area contributed by atoms with Crippen molar-refractivity contribution in [1.29, 1.82) is 0 Å². The summed E-state index contributed by atoms with van der Waals surface area (Å²) in [6.07, 6.45) is -28.9. The molecule has 0 aromatic heterocycles. The van der Waals surface area contributed by atoms with Crippen LogP contribution in [0.4, 0.5) is 43.9 Å². The van der Waals surface area contributed by atoms with Crippen molar-refractivity contribution in [2.75, 3.05) is 26.8 Å². The predicted octanol–water partition coefficient (Wildman–Crippen LogP) is 3.36. The van der Waals surface area contributed by atoms with Gasteiger partial charge in [0.05, 0.1) is 0 Å². The molecular formula is C15H14F10O9. The van der Waals surface area contributed by atoms with Crippen LogP contribution < -0.4 is 0 Å². The lowest BCUT2D eigenvalue weighted by Crippen LogP contribution is -2.54. The first kappa shape index (κ1) is 31.5. The third-order valence-corrected chi connectivity index (χ3v) is 2.57. The highest BCUT2D eigenvalue weighted by atomic mass is 19.3. The topological polar surface area (TPSA) is 98.8 Å². The molecule has 0 rings (SSSR count). The highest BCUT2D eigenvalue weighted by Gasteiger charge is 2.68. The van der Waals surface area contributed by atoms with Crippen molar-refractivity contribution >= 4 is 11.9 Å². The summed E-state index contributed by atoms with van der Waals surface area (Å²) >= 11 is 0. The minimum absolute atomic E-state index is 0.541. The molecular weight excluding hydrogens is 514 g/mol. The van der Waals surface area contributed by atoms with E-state index in [2.05, 4.69) is 46.3 Å². The second-order valence-electron chi connectivity index (χ2n) is 5.35. The Balaban J connectivity index is 4.96. The molecule has 19 heteroatoms. The van der Waals surface area contributed by atoms with E-state index in [0.717, 1.165) is 0 Å². The second kappa shape index (κ2) is 12.3. The quantitative estimate of drug-likeness (QED) is 0.0926. The molecule has 0 saturated heterocycles. The van der Waals surface area contributed by atoms with Crippen molar-refractivity contribution in [1.82, 2.24) is 0 Å². The smallest absolute Gasteiger partial charge is 0.435 e. The number of alkyl halides is 10. The van der Waals surface area contributed by atoms with E-state index >= 15 is 0 Å². The van der Waals surface area contributed by atoms with Crippen molar-refractivity contribution in [3.05, 3.63) is 25.3 Å². The largest absolute Gasteiger partial charge is 0.495 e. The first-order valence-electron chi connectivity index (χ1n) is 8.01. The summed E-state index contributed by atoms with van der Waals surface area (Å²) in [6.45, 7) is -1.24. The summed E-state index contributed by atoms with van der Waals surface area (Å²) in [4.78, 5) is 21.2. The molecule has 0 aromatic rings. The summed E-state index contributed by atoms with van der Waals surface area (Å²) in [5.74, 6) is -2.41. The lowest BCUT2D eigenvalue weighted by Gasteiger charge is -2.31. The molecule has 0 heterocycles. The van der Waals surface area contributed by atoms with Gasteiger partial charge in [-0.3, -0.25) is 0 Å². The van der Waals surface area contributed by atoms with Gasteiger partial charge in [-0.05, 0) is 0 Å². The van der Waals surface area contributed by atoms with Crippen LogP contribution in [-0.4, -0.2) is 69.5 Å². The standard InChI is InChI=1S/C15H14F10O9/c1-3-9(26)30-7-28-5-11(16,17)32-13(20,21)14(22,23)34-15(24,25)33-12(18,19)6-29-8-31-10(27)4-2/h3-4H,1-2,5-8H2. The van der Waals surface area contributed by atoms with Crippen molar-refractivity contribution in [2.24, 2.45) is 0 Å². The van der Waals surface area contributed by atoms with Crippen molar-refractivity contribution < 1.29 is 86.7 Å². The third-order valence-electron chi connectivity index (χ3n) is 2.57. The number of carbonyl (C=O) groups excluding carboxylic acids is 2. The van der Waals surface area contributed by atoms with E-state index in [-0.39, 0.29) is 0 Å². The van der Waals surface area contributed by atoms with Gasteiger partial charge in [0.1, 0.15) is 13.2 Å².